The topological polar surface area (TPSA) is 107 Å². The van der Waals surface area contributed by atoms with Crippen LogP contribution in [0.25, 0.3) is 38.9 Å². The molecule has 238 valence electrons. The van der Waals surface area contributed by atoms with Crippen molar-refractivity contribution in [1.82, 2.24) is 24.4 Å². The Kier molecular flexibility index (Phi) is 7.76. The molecule has 3 N–H and O–H groups in total. The number of halogens is 1. The number of likely N-dealkylation sites (tertiary alicyclic amines) is 1. The predicted molar refractivity (Wildman–Crippen MR) is 176 cm³/mol. The van der Waals surface area contributed by atoms with E-state index in [9.17, 15) is 14.0 Å². The first-order valence-corrected chi connectivity index (χ1v) is 15.9. The molecule has 2 aliphatic rings. The van der Waals surface area contributed by atoms with Crippen molar-refractivity contribution in [2.75, 3.05) is 20.2 Å². The largest absolute Gasteiger partial charge is 0.494 e. The molecule has 9 nitrogen and oxygen atoms in total. The molecule has 7 rings (SSSR count). The summed E-state index contributed by atoms with van der Waals surface area (Å²) in [5.74, 6) is 0.808. The third kappa shape index (κ3) is 5.73. The molecular weight excluding hydrogens is 583 g/mol. The van der Waals surface area contributed by atoms with E-state index in [1.165, 1.54) is 24.7 Å². The normalized spacial score (nSPS) is 18.3. The Morgan fingerprint density at radius 1 is 1.09 bits per heavy atom. The zero-order chi connectivity index (χ0) is 32.1. The van der Waals surface area contributed by atoms with Crippen LogP contribution in [0.5, 0.6) is 5.75 Å². The summed E-state index contributed by atoms with van der Waals surface area (Å²) >= 11 is 0. The van der Waals surface area contributed by atoms with Gasteiger partial charge in [0.1, 0.15) is 23.1 Å². The fourth-order valence-electron chi connectivity index (χ4n) is 6.70. The molecule has 2 fully saturated rings. The number of carbonyl (C=O) groups excluding carboxylic acids is 2. The third-order valence-electron chi connectivity index (χ3n) is 9.20. The van der Waals surface area contributed by atoms with E-state index >= 15 is 0 Å². The molecule has 46 heavy (non-hydrogen) atoms. The number of nitrogens with zero attached hydrogens (tertiary/aromatic N) is 4. The SMILES string of the molecule is COc1cc(C(=O)N2C[C@H](N)C[C@@H](F)C2)cn2nc(-c3cc4ccc(-c5cccc(CNC(C)=O)c5)cc4n3CC3CC3)c(C)c12. The summed E-state index contributed by atoms with van der Waals surface area (Å²) in [6, 6.07) is 18.3. The maximum Gasteiger partial charge on any atom is 0.255 e. The summed E-state index contributed by atoms with van der Waals surface area (Å²) in [6.45, 7) is 5.27. The highest BCUT2D eigenvalue weighted by Gasteiger charge is 2.30. The molecule has 3 aromatic heterocycles. The Bertz CT molecular complexity index is 1970. The summed E-state index contributed by atoms with van der Waals surface area (Å²) in [6.07, 6.45) is 3.23. The first kappa shape index (κ1) is 30.0. The van der Waals surface area contributed by atoms with Gasteiger partial charge in [-0.15, -0.1) is 0 Å². The Hall–Kier alpha value is -4.70. The van der Waals surface area contributed by atoms with Gasteiger partial charge in [0, 0.05) is 55.3 Å². The lowest BCUT2D eigenvalue weighted by Gasteiger charge is -2.33. The van der Waals surface area contributed by atoms with Gasteiger partial charge in [0.15, 0.2) is 0 Å². The number of amides is 2. The van der Waals surface area contributed by atoms with Crippen LogP contribution in [-0.2, 0) is 17.9 Å². The van der Waals surface area contributed by atoms with E-state index in [0.717, 1.165) is 56.6 Å². The number of methoxy groups -OCH3 is 1. The molecule has 4 heterocycles. The van der Waals surface area contributed by atoms with E-state index in [4.69, 9.17) is 15.6 Å². The quantitative estimate of drug-likeness (QED) is 0.238. The second kappa shape index (κ2) is 11.9. The van der Waals surface area contributed by atoms with Crippen molar-refractivity contribution in [2.45, 2.75) is 58.4 Å². The molecule has 1 aliphatic carbocycles. The van der Waals surface area contributed by atoms with Crippen LogP contribution in [0.2, 0.25) is 0 Å². The van der Waals surface area contributed by atoms with E-state index in [1.807, 2.05) is 19.1 Å². The highest BCUT2D eigenvalue weighted by atomic mass is 19.1. The van der Waals surface area contributed by atoms with Gasteiger partial charge in [-0.3, -0.25) is 9.59 Å². The highest BCUT2D eigenvalue weighted by Crippen LogP contribution is 2.39. The number of hydrogen-bond acceptors (Lipinski definition) is 5. The Labute approximate surface area is 267 Å². The number of piperidine rings is 1. The van der Waals surface area contributed by atoms with Gasteiger partial charge in [0.05, 0.1) is 24.9 Å². The number of pyridine rings is 1. The second-order valence-electron chi connectivity index (χ2n) is 12.8. The minimum Gasteiger partial charge on any atom is -0.494 e. The molecule has 0 radical (unpaired) electrons. The summed E-state index contributed by atoms with van der Waals surface area (Å²) in [5, 5.41) is 9.03. The first-order chi connectivity index (χ1) is 22.2. The number of carbonyl (C=O) groups is 2. The van der Waals surface area contributed by atoms with Crippen LogP contribution in [0.3, 0.4) is 0 Å². The van der Waals surface area contributed by atoms with E-state index < -0.39 is 12.2 Å². The summed E-state index contributed by atoms with van der Waals surface area (Å²) in [4.78, 5) is 26.4. The molecule has 1 aliphatic heterocycles. The number of aromatic nitrogens is 3. The maximum absolute atomic E-state index is 14.3. The number of rotatable bonds is 8. The van der Waals surface area contributed by atoms with Gasteiger partial charge in [0.25, 0.3) is 5.91 Å². The van der Waals surface area contributed by atoms with Crippen molar-refractivity contribution in [1.29, 1.82) is 0 Å². The lowest BCUT2D eigenvalue weighted by Crippen LogP contribution is -2.50. The highest BCUT2D eigenvalue weighted by molar-refractivity contribution is 5.96. The number of benzene rings is 2. The molecule has 0 bridgehead atoms. The molecule has 0 spiro atoms. The molecule has 2 atom stereocenters. The van der Waals surface area contributed by atoms with Gasteiger partial charge in [-0.05, 0) is 73.1 Å². The van der Waals surface area contributed by atoms with Crippen molar-refractivity contribution in [3.8, 4) is 28.3 Å². The Balaban J connectivity index is 1.30. The number of nitrogens with two attached hydrogens (primary N) is 1. The summed E-state index contributed by atoms with van der Waals surface area (Å²) < 4.78 is 24.2. The monoisotopic (exact) mass is 622 g/mol. The van der Waals surface area contributed by atoms with E-state index in [1.54, 1.807) is 23.9 Å². The molecule has 2 aromatic carbocycles. The fraction of sp³-hybridized carbons (Fsp3) is 0.361. The van der Waals surface area contributed by atoms with Gasteiger partial charge < -0.3 is 25.3 Å². The zero-order valence-corrected chi connectivity index (χ0v) is 26.4. The smallest absolute Gasteiger partial charge is 0.255 e. The van der Waals surface area contributed by atoms with Crippen molar-refractivity contribution in [3.05, 3.63) is 77.5 Å². The Morgan fingerprint density at radius 2 is 1.89 bits per heavy atom. The lowest BCUT2D eigenvalue weighted by atomic mass is 10.0. The molecular formula is C36H39FN6O3. The molecule has 2 amide bonds. The number of ether oxygens (including phenoxy) is 1. The van der Waals surface area contributed by atoms with E-state index in [2.05, 4.69) is 46.3 Å². The van der Waals surface area contributed by atoms with Crippen LogP contribution in [0.4, 0.5) is 4.39 Å². The van der Waals surface area contributed by atoms with Crippen LogP contribution < -0.4 is 15.8 Å². The van der Waals surface area contributed by atoms with Crippen molar-refractivity contribution in [2.24, 2.45) is 11.7 Å². The number of nitrogens with one attached hydrogen (secondary N) is 1. The first-order valence-electron chi connectivity index (χ1n) is 15.9. The van der Waals surface area contributed by atoms with Crippen molar-refractivity contribution < 1.29 is 18.7 Å². The van der Waals surface area contributed by atoms with Gasteiger partial charge in [0.2, 0.25) is 5.91 Å². The predicted octanol–water partition coefficient (Wildman–Crippen LogP) is 5.50. The third-order valence-corrected chi connectivity index (χ3v) is 9.20. The molecule has 0 unspecified atom stereocenters. The van der Waals surface area contributed by atoms with Gasteiger partial charge in [-0.1, -0.05) is 30.3 Å². The van der Waals surface area contributed by atoms with Gasteiger partial charge >= 0.3 is 0 Å². The van der Waals surface area contributed by atoms with Gasteiger partial charge in [-0.25, -0.2) is 8.91 Å². The van der Waals surface area contributed by atoms with E-state index in [-0.39, 0.29) is 24.8 Å². The summed E-state index contributed by atoms with van der Waals surface area (Å²) in [7, 11) is 1.58. The number of hydrogen-bond donors (Lipinski definition) is 2. The lowest BCUT2D eigenvalue weighted by molar-refractivity contribution is -0.119. The minimum absolute atomic E-state index is 0.0269. The van der Waals surface area contributed by atoms with Crippen LogP contribution in [0, 0.1) is 12.8 Å². The molecule has 1 saturated heterocycles. The van der Waals surface area contributed by atoms with E-state index in [0.29, 0.717) is 30.3 Å². The van der Waals surface area contributed by atoms with Crippen molar-refractivity contribution in [3.63, 3.8) is 0 Å². The second-order valence-corrected chi connectivity index (χ2v) is 12.8. The maximum atomic E-state index is 14.3. The standard InChI is InChI=1S/C36H39FN6O3/c1-21-34(40-43-18-28(14-33(46-3)35(21)43)36(45)41-19-29(37)15-30(38)20-41)32-13-27-10-9-26(12-31(27)42(32)17-23-7-8-23)25-6-4-5-24(11-25)16-39-22(2)44/h4-6,9-14,18,23,29-30H,7-8,15-17,19-20,38H2,1-3H3,(H,39,44)/t29-,30-/m1/s1. The number of aryl methyl sites for hydroxylation is 1. The average Bonchev–Trinajstić information content (AvgIpc) is 3.71. The van der Waals surface area contributed by atoms with Gasteiger partial charge in [-0.2, -0.15) is 5.10 Å². The van der Waals surface area contributed by atoms with Crippen LogP contribution >= 0.6 is 0 Å². The van der Waals surface area contributed by atoms with Crippen LogP contribution in [0.1, 0.15) is 47.7 Å². The average molecular weight is 623 g/mol. The van der Waals surface area contributed by atoms with Crippen LogP contribution in [-0.4, -0.2) is 63.3 Å². The molecule has 5 aromatic rings. The van der Waals surface area contributed by atoms with Crippen molar-refractivity contribution >= 4 is 28.2 Å². The number of alkyl halides is 1. The fourth-order valence-corrected chi connectivity index (χ4v) is 6.70. The zero-order valence-electron chi connectivity index (χ0n) is 26.4. The Morgan fingerprint density at radius 3 is 2.63 bits per heavy atom. The summed E-state index contributed by atoms with van der Waals surface area (Å²) in [5.41, 5.74) is 14.3. The number of fused-ring (bicyclic) bond motifs is 2. The molecule has 10 heteroatoms. The molecule has 1 saturated carbocycles. The minimum atomic E-state index is -1.14. The van der Waals surface area contributed by atoms with Crippen LogP contribution in [0.15, 0.2) is 60.8 Å².